The number of aliphatic hydroxyl groups is 2. The van der Waals surface area contributed by atoms with E-state index in [1.54, 1.807) is 0 Å². The van der Waals surface area contributed by atoms with Crippen molar-refractivity contribution in [2.75, 3.05) is 19.7 Å². The predicted molar refractivity (Wildman–Crippen MR) is 62.9 cm³/mol. The van der Waals surface area contributed by atoms with Crippen LogP contribution in [-0.2, 0) is 6.54 Å². The van der Waals surface area contributed by atoms with Crippen LogP contribution in [0.15, 0.2) is 30.3 Å². The van der Waals surface area contributed by atoms with Gasteiger partial charge in [0.05, 0.1) is 12.7 Å². The van der Waals surface area contributed by atoms with Crippen molar-refractivity contribution in [2.45, 2.75) is 19.1 Å². The number of aliphatic hydroxyl groups excluding tert-OH is 2. The van der Waals surface area contributed by atoms with Crippen LogP contribution >= 0.6 is 0 Å². The van der Waals surface area contributed by atoms with Gasteiger partial charge in [0.15, 0.2) is 0 Å². The van der Waals surface area contributed by atoms with Gasteiger partial charge in [-0.25, -0.2) is 0 Å². The number of hydrogen-bond acceptors (Lipinski definition) is 3. The molecule has 3 heteroatoms. The van der Waals surface area contributed by atoms with Crippen LogP contribution in [0.4, 0.5) is 0 Å². The zero-order valence-corrected chi connectivity index (χ0v) is 9.42. The first-order valence-electron chi connectivity index (χ1n) is 5.83. The Morgan fingerprint density at radius 2 is 1.94 bits per heavy atom. The average Bonchev–Trinajstić information content (AvgIpc) is 2.27. The SMILES string of the molecule is OCC(O)CC1CN(Cc2ccccc2)C1. The van der Waals surface area contributed by atoms with Gasteiger partial charge in [-0.2, -0.15) is 0 Å². The summed E-state index contributed by atoms with van der Waals surface area (Å²) in [6.07, 6.45) is 0.186. The van der Waals surface area contributed by atoms with Crippen molar-refractivity contribution in [1.29, 1.82) is 0 Å². The fraction of sp³-hybridized carbons (Fsp3) is 0.538. The monoisotopic (exact) mass is 221 g/mol. The third kappa shape index (κ3) is 3.04. The molecule has 1 aliphatic heterocycles. The number of likely N-dealkylation sites (tertiary alicyclic amines) is 1. The minimum Gasteiger partial charge on any atom is -0.394 e. The molecule has 1 aliphatic rings. The molecule has 0 saturated carbocycles. The molecule has 0 bridgehead atoms. The molecule has 1 unspecified atom stereocenters. The Bertz CT molecular complexity index is 309. The van der Waals surface area contributed by atoms with Crippen LogP contribution < -0.4 is 0 Å². The lowest BCUT2D eigenvalue weighted by molar-refractivity contribution is 0.0213. The molecule has 1 saturated heterocycles. The van der Waals surface area contributed by atoms with E-state index in [9.17, 15) is 5.11 Å². The van der Waals surface area contributed by atoms with E-state index in [1.165, 1.54) is 5.56 Å². The lowest BCUT2D eigenvalue weighted by Gasteiger charge is -2.40. The zero-order valence-electron chi connectivity index (χ0n) is 9.42. The van der Waals surface area contributed by atoms with Crippen LogP contribution in [0, 0.1) is 5.92 Å². The Balaban J connectivity index is 1.69. The highest BCUT2D eigenvalue weighted by molar-refractivity contribution is 5.14. The molecule has 2 N–H and O–H groups in total. The summed E-state index contributed by atoms with van der Waals surface area (Å²) in [5.41, 5.74) is 1.34. The van der Waals surface area contributed by atoms with Crippen molar-refractivity contribution in [1.82, 2.24) is 4.90 Å². The Morgan fingerprint density at radius 1 is 1.25 bits per heavy atom. The van der Waals surface area contributed by atoms with Crippen molar-refractivity contribution in [3.8, 4) is 0 Å². The highest BCUT2D eigenvalue weighted by atomic mass is 16.3. The van der Waals surface area contributed by atoms with Gasteiger partial charge in [0.2, 0.25) is 0 Å². The molecule has 0 spiro atoms. The van der Waals surface area contributed by atoms with Gasteiger partial charge in [0.1, 0.15) is 0 Å². The third-order valence-corrected chi connectivity index (χ3v) is 3.10. The standard InChI is InChI=1S/C13H19NO2/c15-10-13(16)6-12-8-14(9-12)7-11-4-2-1-3-5-11/h1-5,12-13,15-16H,6-10H2. The van der Waals surface area contributed by atoms with Crippen molar-refractivity contribution >= 4 is 0 Å². The molecular formula is C13H19NO2. The molecule has 1 atom stereocenters. The molecule has 16 heavy (non-hydrogen) atoms. The number of rotatable bonds is 5. The highest BCUT2D eigenvalue weighted by Crippen LogP contribution is 2.22. The first-order chi connectivity index (χ1) is 7.78. The summed E-state index contributed by atoms with van der Waals surface area (Å²) in [5, 5.41) is 18.0. The number of nitrogens with zero attached hydrogens (tertiary/aromatic N) is 1. The summed E-state index contributed by atoms with van der Waals surface area (Å²) in [6, 6.07) is 10.4. The number of hydrogen-bond donors (Lipinski definition) is 2. The maximum Gasteiger partial charge on any atom is 0.0774 e. The molecule has 1 aromatic rings. The quantitative estimate of drug-likeness (QED) is 0.775. The molecular weight excluding hydrogens is 202 g/mol. The largest absolute Gasteiger partial charge is 0.394 e. The fourth-order valence-corrected chi connectivity index (χ4v) is 2.26. The summed E-state index contributed by atoms with van der Waals surface area (Å²) < 4.78 is 0. The maximum atomic E-state index is 9.30. The van der Waals surface area contributed by atoms with Gasteiger partial charge in [-0.15, -0.1) is 0 Å². The fourth-order valence-electron chi connectivity index (χ4n) is 2.26. The van der Waals surface area contributed by atoms with E-state index in [4.69, 9.17) is 5.11 Å². The number of benzene rings is 1. The minimum absolute atomic E-state index is 0.116. The van der Waals surface area contributed by atoms with E-state index >= 15 is 0 Å². The van der Waals surface area contributed by atoms with E-state index in [0.717, 1.165) is 26.1 Å². The summed E-state index contributed by atoms with van der Waals surface area (Å²) in [6.45, 7) is 2.94. The van der Waals surface area contributed by atoms with Crippen LogP contribution in [0.1, 0.15) is 12.0 Å². The van der Waals surface area contributed by atoms with Gasteiger partial charge in [-0.05, 0) is 17.9 Å². The van der Waals surface area contributed by atoms with Gasteiger partial charge in [-0.3, -0.25) is 4.90 Å². The minimum atomic E-state index is -0.538. The van der Waals surface area contributed by atoms with Crippen molar-refractivity contribution < 1.29 is 10.2 Å². The Hall–Kier alpha value is -0.900. The third-order valence-electron chi connectivity index (χ3n) is 3.10. The predicted octanol–water partition coefficient (Wildman–Crippen LogP) is 0.862. The van der Waals surface area contributed by atoms with Crippen molar-refractivity contribution in [3.63, 3.8) is 0 Å². The van der Waals surface area contributed by atoms with Crippen LogP contribution in [-0.4, -0.2) is 40.9 Å². The van der Waals surface area contributed by atoms with E-state index < -0.39 is 6.10 Å². The smallest absolute Gasteiger partial charge is 0.0774 e. The van der Waals surface area contributed by atoms with Gasteiger partial charge >= 0.3 is 0 Å². The average molecular weight is 221 g/mol. The van der Waals surface area contributed by atoms with E-state index in [2.05, 4.69) is 29.2 Å². The van der Waals surface area contributed by atoms with E-state index in [-0.39, 0.29) is 6.61 Å². The van der Waals surface area contributed by atoms with E-state index in [0.29, 0.717) is 5.92 Å². The van der Waals surface area contributed by atoms with Crippen LogP contribution in [0.3, 0.4) is 0 Å². The summed E-state index contributed by atoms with van der Waals surface area (Å²) in [4.78, 5) is 2.37. The van der Waals surface area contributed by atoms with Crippen LogP contribution in [0.5, 0.6) is 0 Å². The first-order valence-corrected chi connectivity index (χ1v) is 5.83. The second kappa shape index (κ2) is 5.43. The molecule has 3 nitrogen and oxygen atoms in total. The second-order valence-electron chi connectivity index (χ2n) is 4.62. The molecule has 0 radical (unpaired) electrons. The van der Waals surface area contributed by atoms with Crippen molar-refractivity contribution in [2.24, 2.45) is 5.92 Å². The molecule has 1 fully saturated rings. The van der Waals surface area contributed by atoms with Crippen molar-refractivity contribution in [3.05, 3.63) is 35.9 Å². The molecule has 2 rings (SSSR count). The molecule has 1 heterocycles. The summed E-state index contributed by atoms with van der Waals surface area (Å²) >= 11 is 0. The van der Waals surface area contributed by atoms with Gasteiger partial charge < -0.3 is 10.2 Å². The topological polar surface area (TPSA) is 43.7 Å². The Morgan fingerprint density at radius 3 is 2.56 bits per heavy atom. The van der Waals surface area contributed by atoms with E-state index in [1.807, 2.05) is 6.07 Å². The molecule has 1 aromatic carbocycles. The molecule has 0 aliphatic carbocycles. The lowest BCUT2D eigenvalue weighted by Crippen LogP contribution is -2.47. The van der Waals surface area contributed by atoms with Gasteiger partial charge in [0, 0.05) is 19.6 Å². The molecule has 0 amide bonds. The summed E-state index contributed by atoms with van der Waals surface area (Å²) in [7, 11) is 0. The Labute approximate surface area is 96.3 Å². The van der Waals surface area contributed by atoms with Crippen LogP contribution in [0.25, 0.3) is 0 Å². The van der Waals surface area contributed by atoms with Gasteiger partial charge in [-0.1, -0.05) is 30.3 Å². The second-order valence-corrected chi connectivity index (χ2v) is 4.62. The maximum absolute atomic E-state index is 9.30. The van der Waals surface area contributed by atoms with Gasteiger partial charge in [0.25, 0.3) is 0 Å². The first kappa shape index (κ1) is 11.6. The lowest BCUT2D eigenvalue weighted by atomic mass is 9.93. The molecule has 88 valence electrons. The Kier molecular flexibility index (Phi) is 3.93. The van der Waals surface area contributed by atoms with Crippen LogP contribution in [0.2, 0.25) is 0 Å². The summed E-state index contributed by atoms with van der Waals surface area (Å²) in [5.74, 6) is 0.547. The highest BCUT2D eigenvalue weighted by Gasteiger charge is 2.27. The molecule has 0 aromatic heterocycles. The normalized spacial score (nSPS) is 19.4. The zero-order chi connectivity index (χ0) is 11.4.